The van der Waals surface area contributed by atoms with Crippen LogP contribution in [0.1, 0.15) is 5.56 Å². The van der Waals surface area contributed by atoms with E-state index in [1.807, 2.05) is 30.5 Å². The monoisotopic (exact) mass is 365 g/mol. The Kier molecular flexibility index (Phi) is 5.59. The van der Waals surface area contributed by atoms with E-state index in [1.165, 1.54) is 29.2 Å². The van der Waals surface area contributed by atoms with Gasteiger partial charge in [0, 0.05) is 15.4 Å². The number of hydrogen-bond donors (Lipinski definition) is 1. The number of carbonyl (C=O) groups excluding carboxylic acids is 1. The molecule has 0 saturated carbocycles. The summed E-state index contributed by atoms with van der Waals surface area (Å²) in [5.74, 6) is -0.624. The standard InChI is InChI=1S/C16H13BrFNOS/c1-21-13-6-2-11(3-7-13)4-9-16(20)19-15-8-5-12(18)10-14(15)17/h2-10H,1H3,(H,19,20)/b9-4+. The highest BCUT2D eigenvalue weighted by Crippen LogP contribution is 2.23. The van der Waals surface area contributed by atoms with Gasteiger partial charge in [-0.2, -0.15) is 0 Å². The number of rotatable bonds is 4. The molecule has 0 radical (unpaired) electrons. The third-order valence-electron chi connectivity index (χ3n) is 2.73. The highest BCUT2D eigenvalue weighted by molar-refractivity contribution is 9.10. The van der Waals surface area contributed by atoms with E-state index < -0.39 is 0 Å². The van der Waals surface area contributed by atoms with Gasteiger partial charge in [0.15, 0.2) is 0 Å². The van der Waals surface area contributed by atoms with Gasteiger partial charge >= 0.3 is 0 Å². The first kappa shape index (κ1) is 15.8. The summed E-state index contributed by atoms with van der Waals surface area (Å²) in [5, 5.41) is 2.69. The van der Waals surface area contributed by atoms with Crippen LogP contribution in [-0.4, -0.2) is 12.2 Å². The van der Waals surface area contributed by atoms with Crippen LogP contribution in [0.15, 0.2) is 57.9 Å². The predicted molar refractivity (Wildman–Crippen MR) is 90.0 cm³/mol. The van der Waals surface area contributed by atoms with Crippen LogP contribution in [0.5, 0.6) is 0 Å². The van der Waals surface area contributed by atoms with Crippen molar-refractivity contribution >= 4 is 45.4 Å². The molecular formula is C16H13BrFNOS. The van der Waals surface area contributed by atoms with Crippen LogP contribution in [0.25, 0.3) is 6.08 Å². The molecule has 2 rings (SSSR count). The summed E-state index contributed by atoms with van der Waals surface area (Å²) in [7, 11) is 0. The van der Waals surface area contributed by atoms with E-state index in [-0.39, 0.29) is 11.7 Å². The van der Waals surface area contributed by atoms with Crippen molar-refractivity contribution < 1.29 is 9.18 Å². The predicted octanol–water partition coefficient (Wildman–Crippen LogP) is 4.96. The maximum Gasteiger partial charge on any atom is 0.248 e. The third kappa shape index (κ3) is 4.72. The van der Waals surface area contributed by atoms with Crippen LogP contribution in [0.3, 0.4) is 0 Å². The SMILES string of the molecule is CSc1ccc(/C=C/C(=O)Nc2ccc(F)cc2Br)cc1. The lowest BCUT2D eigenvalue weighted by molar-refractivity contribution is -0.111. The molecule has 21 heavy (non-hydrogen) atoms. The summed E-state index contributed by atoms with van der Waals surface area (Å²) in [6.45, 7) is 0. The molecule has 0 aliphatic carbocycles. The molecular weight excluding hydrogens is 353 g/mol. The minimum atomic E-state index is -0.357. The van der Waals surface area contributed by atoms with E-state index in [4.69, 9.17) is 0 Å². The average molecular weight is 366 g/mol. The lowest BCUT2D eigenvalue weighted by atomic mass is 10.2. The molecule has 0 bridgehead atoms. The largest absolute Gasteiger partial charge is 0.321 e. The van der Waals surface area contributed by atoms with Gasteiger partial charge < -0.3 is 5.32 Å². The zero-order chi connectivity index (χ0) is 15.2. The van der Waals surface area contributed by atoms with Gasteiger partial charge in [0.25, 0.3) is 0 Å². The Balaban J connectivity index is 2.01. The fraction of sp³-hybridized carbons (Fsp3) is 0.0625. The zero-order valence-corrected chi connectivity index (χ0v) is 13.7. The summed E-state index contributed by atoms with van der Waals surface area (Å²) >= 11 is 4.87. The molecule has 108 valence electrons. The molecule has 0 saturated heterocycles. The summed E-state index contributed by atoms with van der Waals surface area (Å²) in [5.41, 5.74) is 1.48. The second-order valence-electron chi connectivity index (χ2n) is 4.22. The maximum absolute atomic E-state index is 13.0. The Morgan fingerprint density at radius 2 is 1.95 bits per heavy atom. The summed E-state index contributed by atoms with van der Waals surface area (Å²) in [6, 6.07) is 12.0. The van der Waals surface area contributed by atoms with Gasteiger partial charge in [-0.05, 0) is 64.2 Å². The van der Waals surface area contributed by atoms with Crippen LogP contribution in [0.2, 0.25) is 0 Å². The average Bonchev–Trinajstić information content (AvgIpc) is 2.48. The Labute approximate surface area is 135 Å². The van der Waals surface area contributed by atoms with Crippen molar-refractivity contribution in [1.29, 1.82) is 0 Å². The van der Waals surface area contributed by atoms with Crippen molar-refractivity contribution in [2.75, 3.05) is 11.6 Å². The van der Waals surface area contributed by atoms with Crippen molar-refractivity contribution in [3.8, 4) is 0 Å². The van der Waals surface area contributed by atoms with Crippen LogP contribution < -0.4 is 5.32 Å². The summed E-state index contributed by atoms with van der Waals surface area (Å²) in [6.07, 6.45) is 5.19. The minimum Gasteiger partial charge on any atom is -0.321 e. The number of benzene rings is 2. The number of halogens is 2. The van der Waals surface area contributed by atoms with Gasteiger partial charge in [-0.25, -0.2) is 4.39 Å². The van der Waals surface area contributed by atoms with E-state index in [0.29, 0.717) is 10.2 Å². The van der Waals surface area contributed by atoms with Crippen molar-refractivity contribution in [2.45, 2.75) is 4.90 Å². The molecule has 0 atom stereocenters. The molecule has 2 aromatic rings. The smallest absolute Gasteiger partial charge is 0.248 e. The topological polar surface area (TPSA) is 29.1 Å². The van der Waals surface area contributed by atoms with E-state index >= 15 is 0 Å². The van der Waals surface area contributed by atoms with Gasteiger partial charge in [-0.15, -0.1) is 11.8 Å². The first-order valence-electron chi connectivity index (χ1n) is 6.16. The van der Waals surface area contributed by atoms with E-state index in [2.05, 4.69) is 21.2 Å². The summed E-state index contributed by atoms with van der Waals surface area (Å²) in [4.78, 5) is 13.0. The molecule has 1 amide bonds. The molecule has 2 aromatic carbocycles. The van der Waals surface area contributed by atoms with Crippen LogP contribution in [0, 0.1) is 5.82 Å². The normalized spacial score (nSPS) is 10.8. The number of nitrogens with one attached hydrogen (secondary N) is 1. The van der Waals surface area contributed by atoms with Gasteiger partial charge in [-0.1, -0.05) is 12.1 Å². The molecule has 0 aliphatic rings. The Bertz CT molecular complexity index is 670. The molecule has 0 unspecified atom stereocenters. The first-order chi connectivity index (χ1) is 10.1. The van der Waals surface area contributed by atoms with E-state index in [9.17, 15) is 9.18 Å². The molecule has 1 N–H and O–H groups in total. The zero-order valence-electron chi connectivity index (χ0n) is 11.3. The van der Waals surface area contributed by atoms with Crippen molar-refractivity contribution in [3.63, 3.8) is 0 Å². The van der Waals surface area contributed by atoms with Crippen LogP contribution >= 0.6 is 27.7 Å². The third-order valence-corrected chi connectivity index (χ3v) is 4.13. The lowest BCUT2D eigenvalue weighted by Crippen LogP contribution is -2.08. The summed E-state index contributed by atoms with van der Waals surface area (Å²) < 4.78 is 13.5. The molecule has 5 heteroatoms. The van der Waals surface area contributed by atoms with Crippen molar-refractivity contribution in [2.24, 2.45) is 0 Å². The van der Waals surface area contributed by atoms with Crippen LogP contribution in [0.4, 0.5) is 10.1 Å². The number of hydrogen-bond acceptors (Lipinski definition) is 2. The quantitative estimate of drug-likeness (QED) is 0.612. The van der Waals surface area contributed by atoms with E-state index in [1.54, 1.807) is 17.8 Å². The number of anilines is 1. The van der Waals surface area contributed by atoms with Gasteiger partial charge in [0.1, 0.15) is 5.82 Å². The molecule has 2 nitrogen and oxygen atoms in total. The van der Waals surface area contributed by atoms with Crippen molar-refractivity contribution in [1.82, 2.24) is 0 Å². The van der Waals surface area contributed by atoms with Crippen molar-refractivity contribution in [3.05, 3.63) is 64.4 Å². The molecule has 0 spiro atoms. The molecule has 0 aromatic heterocycles. The maximum atomic E-state index is 13.0. The second-order valence-corrected chi connectivity index (χ2v) is 5.95. The molecule has 0 aliphatic heterocycles. The molecule has 0 fully saturated rings. The fourth-order valence-corrected chi connectivity index (χ4v) is 2.51. The van der Waals surface area contributed by atoms with Gasteiger partial charge in [0.05, 0.1) is 5.69 Å². The highest BCUT2D eigenvalue weighted by atomic mass is 79.9. The second kappa shape index (κ2) is 7.43. The molecule has 0 heterocycles. The Hall–Kier alpha value is -1.59. The highest BCUT2D eigenvalue weighted by Gasteiger charge is 2.03. The number of thioether (sulfide) groups is 1. The van der Waals surface area contributed by atoms with Crippen LogP contribution in [-0.2, 0) is 4.79 Å². The Morgan fingerprint density at radius 1 is 1.24 bits per heavy atom. The Morgan fingerprint density at radius 3 is 2.57 bits per heavy atom. The van der Waals surface area contributed by atoms with Gasteiger partial charge in [0.2, 0.25) is 5.91 Å². The first-order valence-corrected chi connectivity index (χ1v) is 8.18. The minimum absolute atomic E-state index is 0.267. The fourth-order valence-electron chi connectivity index (χ4n) is 1.65. The lowest BCUT2D eigenvalue weighted by Gasteiger charge is -2.04. The number of amides is 1. The van der Waals surface area contributed by atoms with E-state index in [0.717, 1.165) is 5.56 Å². The van der Waals surface area contributed by atoms with Gasteiger partial charge in [-0.3, -0.25) is 4.79 Å². The number of carbonyl (C=O) groups is 1.